The topological polar surface area (TPSA) is 79.8 Å². The fourth-order valence-corrected chi connectivity index (χ4v) is 1.09. The molecule has 0 amide bonds. The molecule has 1 aromatic heterocycles. The van der Waals surface area contributed by atoms with Gasteiger partial charge in [-0.3, -0.25) is 10.1 Å². The van der Waals surface area contributed by atoms with Crippen molar-refractivity contribution in [3.63, 3.8) is 0 Å². The maximum Gasteiger partial charge on any atom is 0.302 e. The van der Waals surface area contributed by atoms with Gasteiger partial charge in [0.15, 0.2) is 5.03 Å². The normalized spacial score (nSPS) is 8.92. The third kappa shape index (κ3) is 1.71. The maximum atomic E-state index is 10.3. The highest BCUT2D eigenvalue weighted by molar-refractivity contribution is 8.03. The van der Waals surface area contributed by atoms with E-state index in [1.807, 2.05) is 0 Å². The minimum Gasteiger partial charge on any atom is -0.258 e. The highest BCUT2D eigenvalue weighted by atomic mass is 32.2. The van der Waals surface area contributed by atoms with Crippen LogP contribution in [0, 0.1) is 20.8 Å². The van der Waals surface area contributed by atoms with E-state index in [-0.39, 0.29) is 10.7 Å². The number of thiocyanates is 1. The van der Waals surface area contributed by atoms with Crippen molar-refractivity contribution in [1.82, 2.24) is 4.98 Å². The molecule has 0 saturated carbocycles. The molecule has 0 atom stereocenters. The number of rotatable bonds is 2. The highest BCUT2D eigenvalue weighted by Crippen LogP contribution is 2.24. The monoisotopic (exact) mass is 181 g/mol. The summed E-state index contributed by atoms with van der Waals surface area (Å²) in [4.78, 5) is 13.5. The van der Waals surface area contributed by atoms with Crippen molar-refractivity contribution in [1.29, 1.82) is 5.26 Å². The largest absolute Gasteiger partial charge is 0.302 e. The number of hydrogen-bond donors (Lipinski definition) is 0. The van der Waals surface area contributed by atoms with E-state index in [0.29, 0.717) is 11.8 Å². The minimum absolute atomic E-state index is 0.130. The van der Waals surface area contributed by atoms with Gasteiger partial charge < -0.3 is 0 Å². The highest BCUT2D eigenvalue weighted by Gasteiger charge is 2.13. The molecule has 1 rings (SSSR count). The van der Waals surface area contributed by atoms with Crippen LogP contribution >= 0.6 is 11.8 Å². The zero-order valence-electron chi connectivity index (χ0n) is 5.80. The van der Waals surface area contributed by atoms with E-state index in [2.05, 4.69) is 4.98 Å². The van der Waals surface area contributed by atoms with Crippen LogP contribution in [0.1, 0.15) is 0 Å². The lowest BCUT2D eigenvalue weighted by Gasteiger charge is -1.93. The first-order valence-corrected chi connectivity index (χ1v) is 3.72. The minimum atomic E-state index is -0.563. The summed E-state index contributed by atoms with van der Waals surface area (Å²) in [5.41, 5.74) is -0.135. The van der Waals surface area contributed by atoms with Crippen molar-refractivity contribution in [3.8, 4) is 5.40 Å². The Labute approximate surface area is 72.2 Å². The maximum absolute atomic E-state index is 10.3. The fourth-order valence-electron chi connectivity index (χ4n) is 0.643. The average molecular weight is 181 g/mol. The lowest BCUT2D eigenvalue weighted by Crippen LogP contribution is -1.91. The van der Waals surface area contributed by atoms with Crippen LogP contribution < -0.4 is 0 Å². The molecule has 0 spiro atoms. The Kier molecular flexibility index (Phi) is 2.61. The average Bonchev–Trinajstić information content (AvgIpc) is 2.05. The molecule has 0 radical (unpaired) electrons. The number of pyridine rings is 1. The molecular weight excluding hydrogens is 178 g/mol. The summed E-state index contributed by atoms with van der Waals surface area (Å²) < 4.78 is 0. The predicted octanol–water partition coefficient (Wildman–Crippen LogP) is 1.56. The van der Waals surface area contributed by atoms with E-state index in [1.165, 1.54) is 18.3 Å². The third-order valence-corrected chi connectivity index (χ3v) is 1.69. The predicted molar refractivity (Wildman–Crippen MR) is 42.4 cm³/mol. The van der Waals surface area contributed by atoms with Crippen molar-refractivity contribution in [3.05, 3.63) is 28.4 Å². The summed E-state index contributed by atoms with van der Waals surface area (Å²) >= 11 is 0.683. The van der Waals surface area contributed by atoms with Gasteiger partial charge in [-0.25, -0.2) is 4.98 Å². The number of nitrogens with zero attached hydrogens (tertiary/aromatic N) is 3. The molecule has 60 valence electrons. The van der Waals surface area contributed by atoms with Gasteiger partial charge in [-0.15, -0.1) is 0 Å². The van der Waals surface area contributed by atoms with Gasteiger partial charge in [-0.1, -0.05) is 0 Å². The molecule has 0 aliphatic rings. The van der Waals surface area contributed by atoms with Crippen LogP contribution in [0.5, 0.6) is 0 Å². The molecule has 1 heterocycles. The zero-order chi connectivity index (χ0) is 8.97. The van der Waals surface area contributed by atoms with Crippen molar-refractivity contribution in [2.45, 2.75) is 5.03 Å². The summed E-state index contributed by atoms with van der Waals surface area (Å²) in [6.45, 7) is 0. The molecule has 0 aliphatic heterocycles. The molecule has 0 N–H and O–H groups in total. The molecule has 5 nitrogen and oxygen atoms in total. The summed E-state index contributed by atoms with van der Waals surface area (Å²) in [5, 5.41) is 20.5. The quantitative estimate of drug-likeness (QED) is 0.299. The van der Waals surface area contributed by atoms with Gasteiger partial charge >= 0.3 is 5.69 Å². The third-order valence-electron chi connectivity index (χ3n) is 1.09. The van der Waals surface area contributed by atoms with Gasteiger partial charge in [0.25, 0.3) is 0 Å². The van der Waals surface area contributed by atoms with Crippen LogP contribution in [0.2, 0.25) is 0 Å². The van der Waals surface area contributed by atoms with Gasteiger partial charge in [-0.2, -0.15) is 5.26 Å². The Morgan fingerprint density at radius 1 is 1.75 bits per heavy atom. The van der Waals surface area contributed by atoms with Crippen molar-refractivity contribution in [2.24, 2.45) is 0 Å². The first-order valence-electron chi connectivity index (χ1n) is 2.91. The van der Waals surface area contributed by atoms with Gasteiger partial charge in [0.1, 0.15) is 5.40 Å². The van der Waals surface area contributed by atoms with Crippen LogP contribution in [-0.2, 0) is 0 Å². The van der Waals surface area contributed by atoms with Crippen LogP contribution in [-0.4, -0.2) is 9.91 Å². The van der Waals surface area contributed by atoms with E-state index in [0.717, 1.165) is 0 Å². The van der Waals surface area contributed by atoms with Gasteiger partial charge in [-0.05, 0) is 6.07 Å². The number of hydrogen-bond acceptors (Lipinski definition) is 5. The number of nitro groups is 1. The first kappa shape index (κ1) is 8.49. The Hall–Kier alpha value is -1.61. The zero-order valence-corrected chi connectivity index (χ0v) is 6.61. The van der Waals surface area contributed by atoms with Crippen LogP contribution in [0.15, 0.2) is 23.4 Å². The van der Waals surface area contributed by atoms with Crippen molar-refractivity contribution >= 4 is 17.4 Å². The van der Waals surface area contributed by atoms with Gasteiger partial charge in [0.2, 0.25) is 0 Å². The molecule has 0 bridgehead atoms. The smallest absolute Gasteiger partial charge is 0.258 e. The fraction of sp³-hybridized carbons (Fsp3) is 0. The molecule has 1 aromatic rings. The Bertz CT molecular complexity index is 347. The SMILES string of the molecule is N#CSc1ncccc1[N+](=O)[O-]. The summed E-state index contributed by atoms with van der Waals surface area (Å²) in [6.07, 6.45) is 1.41. The second kappa shape index (κ2) is 3.69. The molecule has 0 saturated heterocycles. The Morgan fingerprint density at radius 2 is 2.50 bits per heavy atom. The first-order chi connectivity index (χ1) is 5.75. The van der Waals surface area contributed by atoms with E-state index < -0.39 is 4.92 Å². The number of thioether (sulfide) groups is 1. The summed E-state index contributed by atoms with van der Waals surface area (Å²) in [6, 6.07) is 2.77. The molecule has 6 heteroatoms. The second-order valence-electron chi connectivity index (χ2n) is 1.78. The molecular formula is C6H3N3O2S. The Morgan fingerprint density at radius 3 is 3.08 bits per heavy atom. The lowest BCUT2D eigenvalue weighted by atomic mass is 10.4. The molecule has 12 heavy (non-hydrogen) atoms. The van der Waals surface area contributed by atoms with Gasteiger partial charge in [0, 0.05) is 24.0 Å². The van der Waals surface area contributed by atoms with Gasteiger partial charge in [0.05, 0.1) is 4.92 Å². The lowest BCUT2D eigenvalue weighted by molar-refractivity contribution is -0.388. The Balaban J connectivity index is 3.10. The van der Waals surface area contributed by atoms with E-state index in [9.17, 15) is 10.1 Å². The van der Waals surface area contributed by atoms with E-state index >= 15 is 0 Å². The number of aromatic nitrogens is 1. The van der Waals surface area contributed by atoms with Crippen LogP contribution in [0.3, 0.4) is 0 Å². The van der Waals surface area contributed by atoms with E-state index in [1.54, 1.807) is 5.40 Å². The van der Waals surface area contributed by atoms with Crippen molar-refractivity contribution < 1.29 is 4.92 Å². The molecule has 0 unspecified atom stereocenters. The number of nitriles is 1. The summed E-state index contributed by atoms with van der Waals surface area (Å²) in [7, 11) is 0. The standard InChI is InChI=1S/C6H3N3O2S/c7-4-12-6-5(9(10)11)2-1-3-8-6/h1-3H. The van der Waals surface area contributed by atoms with E-state index in [4.69, 9.17) is 5.26 Å². The van der Waals surface area contributed by atoms with Crippen LogP contribution in [0.25, 0.3) is 0 Å². The molecule has 0 aromatic carbocycles. The van der Waals surface area contributed by atoms with Crippen molar-refractivity contribution in [2.75, 3.05) is 0 Å². The second-order valence-corrected chi connectivity index (χ2v) is 2.55. The molecule has 0 fully saturated rings. The molecule has 0 aliphatic carbocycles. The van der Waals surface area contributed by atoms with Crippen LogP contribution in [0.4, 0.5) is 5.69 Å². The summed E-state index contributed by atoms with van der Waals surface area (Å²) in [5.74, 6) is 0.